The van der Waals surface area contributed by atoms with Crippen molar-refractivity contribution in [3.05, 3.63) is 45.9 Å². The maximum Gasteiger partial charge on any atom is 0.142 e. The molecule has 4 heteroatoms. The molecule has 0 radical (unpaired) electrons. The van der Waals surface area contributed by atoms with Gasteiger partial charge in [0.15, 0.2) is 0 Å². The van der Waals surface area contributed by atoms with Gasteiger partial charge in [0.2, 0.25) is 0 Å². The van der Waals surface area contributed by atoms with Gasteiger partial charge in [0.25, 0.3) is 0 Å². The summed E-state index contributed by atoms with van der Waals surface area (Å²) in [6, 6.07) is 6.17. The van der Waals surface area contributed by atoms with Gasteiger partial charge in [-0.25, -0.2) is 0 Å². The minimum atomic E-state index is 0.697. The molecule has 2 aromatic heterocycles. The predicted octanol–water partition coefficient (Wildman–Crippen LogP) is 3.57. The van der Waals surface area contributed by atoms with Crippen LogP contribution in [0.25, 0.3) is 0 Å². The van der Waals surface area contributed by atoms with Gasteiger partial charge in [-0.1, -0.05) is 6.92 Å². The van der Waals surface area contributed by atoms with Crippen molar-refractivity contribution in [2.45, 2.75) is 33.2 Å². The fourth-order valence-corrected chi connectivity index (χ4v) is 2.66. The Morgan fingerprint density at radius 1 is 1.30 bits per heavy atom. The third-order valence-corrected chi connectivity index (χ3v) is 3.75. The van der Waals surface area contributed by atoms with Gasteiger partial charge in [0, 0.05) is 18.7 Å². The summed E-state index contributed by atoms with van der Waals surface area (Å²) in [5.41, 5.74) is 3.37. The van der Waals surface area contributed by atoms with Crippen LogP contribution in [0, 0.1) is 6.92 Å². The van der Waals surface area contributed by atoms with Gasteiger partial charge in [-0.3, -0.25) is 4.98 Å². The molecule has 0 saturated carbocycles. The summed E-state index contributed by atoms with van der Waals surface area (Å²) in [6.07, 6.45) is 2.07. The molecular weight excluding hydrogens is 268 g/mol. The van der Waals surface area contributed by atoms with Gasteiger partial charge < -0.3 is 10.1 Å². The van der Waals surface area contributed by atoms with E-state index in [1.54, 1.807) is 11.3 Å². The fraction of sp³-hybridized carbons (Fsp3) is 0.438. The molecule has 0 atom stereocenters. The molecule has 2 aromatic rings. The zero-order chi connectivity index (χ0) is 14.2. The van der Waals surface area contributed by atoms with Gasteiger partial charge in [-0.05, 0) is 54.4 Å². The largest absolute Gasteiger partial charge is 0.491 e. The number of aryl methyl sites for hydroxylation is 1. The number of aromatic nitrogens is 1. The van der Waals surface area contributed by atoms with Gasteiger partial charge in [0.1, 0.15) is 5.75 Å². The molecule has 0 aromatic carbocycles. The Labute approximate surface area is 125 Å². The molecule has 3 nitrogen and oxygen atoms in total. The smallest absolute Gasteiger partial charge is 0.142 e. The number of hydrogen-bond donors (Lipinski definition) is 1. The van der Waals surface area contributed by atoms with E-state index in [-0.39, 0.29) is 0 Å². The number of nitrogens with one attached hydrogen (secondary N) is 1. The highest BCUT2D eigenvalue weighted by Crippen LogP contribution is 2.17. The maximum absolute atomic E-state index is 5.90. The molecule has 2 rings (SSSR count). The van der Waals surface area contributed by atoms with Gasteiger partial charge in [-0.2, -0.15) is 11.3 Å². The molecule has 0 spiro atoms. The number of thiophene rings is 1. The average molecular weight is 290 g/mol. The first kappa shape index (κ1) is 15.0. The summed E-state index contributed by atoms with van der Waals surface area (Å²) in [5, 5.41) is 7.65. The molecule has 0 aliphatic carbocycles. The van der Waals surface area contributed by atoms with Crippen molar-refractivity contribution in [1.82, 2.24) is 10.3 Å². The average Bonchev–Trinajstić information content (AvgIpc) is 2.95. The molecule has 0 unspecified atom stereocenters. The van der Waals surface area contributed by atoms with Crippen molar-refractivity contribution >= 4 is 11.3 Å². The number of ether oxygens (including phenoxy) is 1. The molecule has 0 aliphatic heterocycles. The Kier molecular flexibility index (Phi) is 6.02. The molecule has 0 bridgehead atoms. The summed E-state index contributed by atoms with van der Waals surface area (Å²) in [5.74, 6) is 0.898. The van der Waals surface area contributed by atoms with Crippen LogP contribution < -0.4 is 10.1 Å². The highest BCUT2D eigenvalue weighted by Gasteiger charge is 2.06. The monoisotopic (exact) mass is 290 g/mol. The van der Waals surface area contributed by atoms with Crippen LogP contribution in [0.15, 0.2) is 29.0 Å². The van der Waals surface area contributed by atoms with E-state index in [1.807, 2.05) is 19.1 Å². The van der Waals surface area contributed by atoms with Crippen LogP contribution in [0.5, 0.6) is 5.75 Å². The van der Waals surface area contributed by atoms with E-state index in [1.165, 1.54) is 5.56 Å². The van der Waals surface area contributed by atoms with Crippen LogP contribution in [0.3, 0.4) is 0 Å². The van der Waals surface area contributed by atoms with Crippen molar-refractivity contribution < 1.29 is 4.74 Å². The van der Waals surface area contributed by atoms with Crippen molar-refractivity contribution in [2.24, 2.45) is 0 Å². The van der Waals surface area contributed by atoms with Crippen LogP contribution in [-0.2, 0) is 13.0 Å². The summed E-state index contributed by atoms with van der Waals surface area (Å²) in [4.78, 5) is 4.58. The van der Waals surface area contributed by atoms with E-state index < -0.39 is 0 Å². The summed E-state index contributed by atoms with van der Waals surface area (Å²) in [6.45, 7) is 6.64. The van der Waals surface area contributed by atoms with Crippen molar-refractivity contribution in [2.75, 3.05) is 13.2 Å². The number of pyridine rings is 1. The molecule has 2 heterocycles. The maximum atomic E-state index is 5.90. The second-order valence-electron chi connectivity index (χ2n) is 4.80. The highest BCUT2D eigenvalue weighted by atomic mass is 32.1. The number of hydrogen-bond acceptors (Lipinski definition) is 4. The lowest BCUT2D eigenvalue weighted by Gasteiger charge is -2.12. The third kappa shape index (κ3) is 4.62. The quantitative estimate of drug-likeness (QED) is 0.755. The van der Waals surface area contributed by atoms with E-state index in [9.17, 15) is 0 Å². The molecule has 0 amide bonds. The van der Waals surface area contributed by atoms with Crippen LogP contribution in [-0.4, -0.2) is 18.1 Å². The molecule has 0 saturated heterocycles. The summed E-state index contributed by atoms with van der Waals surface area (Å²) in [7, 11) is 0. The molecule has 0 aliphatic rings. The van der Waals surface area contributed by atoms with E-state index in [0.29, 0.717) is 6.61 Å². The second-order valence-corrected chi connectivity index (χ2v) is 5.58. The van der Waals surface area contributed by atoms with E-state index >= 15 is 0 Å². The van der Waals surface area contributed by atoms with Crippen LogP contribution in [0.1, 0.15) is 30.3 Å². The Bertz CT molecular complexity index is 511. The van der Waals surface area contributed by atoms with E-state index in [4.69, 9.17) is 4.74 Å². The van der Waals surface area contributed by atoms with Crippen LogP contribution >= 0.6 is 11.3 Å². The first-order valence-corrected chi connectivity index (χ1v) is 8.05. The SMILES string of the molecule is CCCNCc1nc(C)ccc1OCCc1ccsc1. The Morgan fingerprint density at radius 2 is 2.20 bits per heavy atom. The van der Waals surface area contributed by atoms with Crippen LogP contribution in [0.2, 0.25) is 0 Å². The highest BCUT2D eigenvalue weighted by molar-refractivity contribution is 7.07. The Hall–Kier alpha value is -1.39. The fourth-order valence-electron chi connectivity index (χ4n) is 1.95. The van der Waals surface area contributed by atoms with Gasteiger partial charge in [0.05, 0.1) is 12.3 Å². The van der Waals surface area contributed by atoms with Crippen molar-refractivity contribution in [1.29, 1.82) is 0 Å². The molecular formula is C16H22N2OS. The first-order chi connectivity index (χ1) is 9.79. The zero-order valence-corrected chi connectivity index (χ0v) is 13.0. The van der Waals surface area contributed by atoms with E-state index in [2.05, 4.69) is 34.1 Å². The van der Waals surface area contributed by atoms with Crippen molar-refractivity contribution in [3.8, 4) is 5.75 Å². The Balaban J connectivity index is 1.91. The Morgan fingerprint density at radius 3 is 2.95 bits per heavy atom. The second kappa shape index (κ2) is 8.02. The predicted molar refractivity (Wildman–Crippen MR) is 84.5 cm³/mol. The minimum Gasteiger partial charge on any atom is -0.491 e. The molecule has 20 heavy (non-hydrogen) atoms. The lowest BCUT2D eigenvalue weighted by atomic mass is 10.2. The standard InChI is InChI=1S/C16H22N2OS/c1-3-8-17-11-15-16(5-4-13(2)18-15)19-9-6-14-7-10-20-12-14/h4-5,7,10,12,17H,3,6,8-9,11H2,1-2H3. The van der Waals surface area contributed by atoms with Gasteiger partial charge in [-0.15, -0.1) is 0 Å². The normalized spacial score (nSPS) is 10.7. The third-order valence-electron chi connectivity index (χ3n) is 3.02. The summed E-state index contributed by atoms with van der Waals surface area (Å²) >= 11 is 1.73. The first-order valence-electron chi connectivity index (χ1n) is 7.10. The topological polar surface area (TPSA) is 34.2 Å². The lowest BCUT2D eigenvalue weighted by Crippen LogP contribution is -2.16. The van der Waals surface area contributed by atoms with E-state index in [0.717, 1.165) is 43.1 Å². The lowest BCUT2D eigenvalue weighted by molar-refractivity contribution is 0.315. The molecule has 1 N–H and O–H groups in total. The van der Waals surface area contributed by atoms with Gasteiger partial charge >= 0.3 is 0 Å². The summed E-state index contributed by atoms with van der Waals surface area (Å²) < 4.78 is 5.90. The number of nitrogens with zero attached hydrogens (tertiary/aromatic N) is 1. The molecule has 108 valence electrons. The minimum absolute atomic E-state index is 0.697. The number of rotatable bonds is 8. The van der Waals surface area contributed by atoms with Crippen LogP contribution in [0.4, 0.5) is 0 Å². The molecule has 0 fully saturated rings. The van der Waals surface area contributed by atoms with Crippen molar-refractivity contribution in [3.63, 3.8) is 0 Å². The zero-order valence-electron chi connectivity index (χ0n) is 12.2.